The molecule has 0 aromatic carbocycles. The summed E-state index contributed by atoms with van der Waals surface area (Å²) in [5.74, 6) is -1.91. The Morgan fingerprint density at radius 1 is 0.275 bits per heavy atom. The van der Waals surface area contributed by atoms with E-state index in [1.165, 1.54) is 55.4 Å². The van der Waals surface area contributed by atoms with Crippen LogP contribution >= 0.6 is 0 Å². The lowest BCUT2D eigenvalue weighted by Crippen LogP contribution is -2.51. The van der Waals surface area contributed by atoms with E-state index in [4.69, 9.17) is 0 Å². The van der Waals surface area contributed by atoms with Gasteiger partial charge < -0.3 is 0 Å². The molecule has 2 aliphatic carbocycles. The predicted molar refractivity (Wildman–Crippen MR) is 390 cm³/mol. The highest BCUT2D eigenvalue weighted by atomic mass is 19.4. The molecule has 7 atom stereocenters. The van der Waals surface area contributed by atoms with Gasteiger partial charge in [0.1, 0.15) is 0 Å². The molecule has 0 aliphatic heterocycles. The third-order valence-electron chi connectivity index (χ3n) is 25.9. The minimum atomic E-state index is -4.16. The van der Waals surface area contributed by atoms with E-state index in [0.29, 0.717) is 47.8 Å². The van der Waals surface area contributed by atoms with Crippen molar-refractivity contribution in [1.29, 1.82) is 0 Å². The van der Waals surface area contributed by atoms with Crippen LogP contribution in [0, 0.1) is 136 Å². The number of alkyl halides is 21. The maximum Gasteiger partial charge on any atom is 0.394 e. The zero-order valence-corrected chi connectivity index (χ0v) is 72.1. The molecule has 0 bridgehead atoms. The molecule has 0 heterocycles. The highest BCUT2D eigenvalue weighted by Crippen LogP contribution is 2.58. The molecule has 3 unspecified atom stereocenters. The Hall–Kier alpha value is -1.47. The smallest absolute Gasteiger partial charge is 0.171 e. The summed E-state index contributed by atoms with van der Waals surface area (Å²) in [6, 6.07) is 0. The molecule has 0 nitrogen and oxygen atoms in total. The Labute approximate surface area is 611 Å². The fraction of sp³-hybridized carbons (Fsp3) is 1.00. The average molecular weight is 1530 g/mol. The molecular formula is C81H155F21. The largest absolute Gasteiger partial charge is 0.394 e. The van der Waals surface area contributed by atoms with Gasteiger partial charge in [0.2, 0.25) is 0 Å². The van der Waals surface area contributed by atoms with Crippen LogP contribution in [-0.4, -0.2) is 43.2 Å². The molecule has 0 amide bonds. The Morgan fingerprint density at radius 3 is 0.725 bits per heavy atom. The van der Waals surface area contributed by atoms with Crippen LogP contribution in [0.1, 0.15) is 342 Å². The first-order valence-corrected chi connectivity index (χ1v) is 37.0. The van der Waals surface area contributed by atoms with Gasteiger partial charge in [-0.3, -0.25) is 0 Å². The van der Waals surface area contributed by atoms with Gasteiger partial charge in [-0.25, -0.2) is 0 Å². The van der Waals surface area contributed by atoms with Gasteiger partial charge in [-0.2, -0.15) is 92.2 Å². The Kier molecular flexibility index (Phi) is 45.8. The molecule has 0 aromatic heterocycles. The molecular weight excluding hydrogens is 1370 g/mol. The summed E-state index contributed by atoms with van der Waals surface area (Å²) < 4.78 is 259. The summed E-state index contributed by atoms with van der Waals surface area (Å²) in [6.45, 7) is 77.1. The Balaban J connectivity index is -0.000000200. The van der Waals surface area contributed by atoms with Crippen molar-refractivity contribution in [2.24, 2.45) is 136 Å². The molecule has 2 aliphatic rings. The van der Waals surface area contributed by atoms with E-state index in [1.807, 2.05) is 83.1 Å². The van der Waals surface area contributed by atoms with Crippen molar-refractivity contribution in [3.63, 3.8) is 0 Å². The topological polar surface area (TPSA) is 0 Å². The first-order valence-electron chi connectivity index (χ1n) is 37.0. The van der Waals surface area contributed by atoms with E-state index in [9.17, 15) is 92.2 Å². The van der Waals surface area contributed by atoms with Crippen molar-refractivity contribution < 1.29 is 92.2 Å². The monoisotopic (exact) mass is 1530 g/mol. The zero-order chi connectivity index (χ0) is 85.2. The van der Waals surface area contributed by atoms with E-state index in [2.05, 4.69) is 90.0 Å². The average Bonchev–Trinajstić information content (AvgIpc) is 0.752. The van der Waals surface area contributed by atoms with E-state index in [1.54, 1.807) is 62.3 Å². The number of rotatable bonds is 8. The van der Waals surface area contributed by atoms with Gasteiger partial charge in [0.25, 0.3) is 0 Å². The minimum Gasteiger partial charge on any atom is -0.171 e. The van der Waals surface area contributed by atoms with Gasteiger partial charge in [-0.05, 0) is 122 Å². The summed E-state index contributed by atoms with van der Waals surface area (Å²) in [4.78, 5) is 0. The molecule has 0 radical (unpaired) electrons. The van der Waals surface area contributed by atoms with Gasteiger partial charge in [0, 0.05) is 0 Å². The van der Waals surface area contributed by atoms with E-state index in [0.717, 1.165) is 43.4 Å². The van der Waals surface area contributed by atoms with Gasteiger partial charge in [0.15, 0.2) is 0 Å². The summed E-state index contributed by atoms with van der Waals surface area (Å²) in [7, 11) is 0. The van der Waals surface area contributed by atoms with Gasteiger partial charge in [-0.15, -0.1) is 0 Å². The first kappa shape index (κ1) is 114. The SMILES string of the molecule is CC(C)(C)C(C)(C)C(C)(C)C(F)(F)F.CC(C)(C)C(C)(C)C(F)(F)F.CC(C)C(C)(C)C(C)(C)C.CC(C)C(C)(C)C(C)C(F)(F)F.CC(C)[C@@H](C)C(C)(C)C.CC(C)[C@@H](C)C(C)C(F)(F)F.CC1CCC(C(F)(F)F)CC1.C[C@@H]1CCCC(C(F)(F)F)C1.C[C@H](C(C)(C)C)C(C)(C)C(F)(F)F. The summed E-state index contributed by atoms with van der Waals surface area (Å²) in [5.41, 5.74) is -6.53. The highest BCUT2D eigenvalue weighted by molar-refractivity contribution is 4.98. The van der Waals surface area contributed by atoms with E-state index < -0.39 is 105 Å². The normalized spacial score (nSPS) is 20.1. The number of halogens is 21. The third kappa shape index (κ3) is 39.8. The van der Waals surface area contributed by atoms with Gasteiger partial charge in [-0.1, -0.05) is 316 Å². The number of hydrogen-bond donors (Lipinski definition) is 0. The minimum absolute atomic E-state index is 0.0362. The Morgan fingerprint density at radius 2 is 0.608 bits per heavy atom. The van der Waals surface area contributed by atoms with Crippen LogP contribution in [0.2, 0.25) is 0 Å². The van der Waals surface area contributed by atoms with Gasteiger partial charge in [0.05, 0.1) is 39.9 Å². The van der Waals surface area contributed by atoms with E-state index in [-0.39, 0.29) is 34.5 Å². The lowest BCUT2D eigenvalue weighted by atomic mass is 9.55. The Bertz CT molecular complexity index is 2120. The highest BCUT2D eigenvalue weighted by Gasteiger charge is 2.60. The van der Waals surface area contributed by atoms with Crippen molar-refractivity contribution in [2.45, 2.75) is 385 Å². The second-order valence-corrected chi connectivity index (χ2v) is 39.9. The quantitative estimate of drug-likeness (QED) is 0.213. The second kappa shape index (κ2) is 41.0. The molecule has 21 heteroatoms. The van der Waals surface area contributed by atoms with Crippen LogP contribution in [-0.2, 0) is 0 Å². The van der Waals surface area contributed by atoms with Crippen molar-refractivity contribution in [1.82, 2.24) is 0 Å². The van der Waals surface area contributed by atoms with Crippen LogP contribution in [0.5, 0.6) is 0 Å². The summed E-state index contributed by atoms with van der Waals surface area (Å²) >= 11 is 0. The molecule has 0 spiro atoms. The van der Waals surface area contributed by atoms with Crippen LogP contribution in [0.3, 0.4) is 0 Å². The first-order chi connectivity index (χ1) is 43.6. The third-order valence-corrected chi connectivity index (χ3v) is 25.9. The molecule has 626 valence electrons. The van der Waals surface area contributed by atoms with Crippen molar-refractivity contribution >= 4 is 0 Å². The van der Waals surface area contributed by atoms with Gasteiger partial charge >= 0.3 is 43.2 Å². The molecule has 102 heavy (non-hydrogen) atoms. The summed E-state index contributed by atoms with van der Waals surface area (Å²) in [6.07, 6.45) is -23.9. The molecule has 2 rings (SSSR count). The maximum absolute atomic E-state index is 12.9. The predicted octanol–water partition coefficient (Wildman–Crippen LogP) is 33.7. The van der Waals surface area contributed by atoms with Crippen LogP contribution in [0.25, 0.3) is 0 Å². The summed E-state index contributed by atoms with van der Waals surface area (Å²) in [5, 5.41) is 0. The molecule has 0 saturated heterocycles. The number of hydrogen-bond acceptors (Lipinski definition) is 0. The molecule has 2 saturated carbocycles. The van der Waals surface area contributed by atoms with E-state index >= 15 is 0 Å². The van der Waals surface area contributed by atoms with Crippen LogP contribution in [0.15, 0.2) is 0 Å². The van der Waals surface area contributed by atoms with Crippen LogP contribution in [0.4, 0.5) is 92.2 Å². The molecule has 2 fully saturated rings. The lowest BCUT2D eigenvalue weighted by molar-refractivity contribution is -0.263. The maximum atomic E-state index is 12.9. The van der Waals surface area contributed by atoms with Crippen molar-refractivity contribution in [2.75, 3.05) is 0 Å². The zero-order valence-electron chi connectivity index (χ0n) is 72.1. The fourth-order valence-electron chi connectivity index (χ4n) is 10.0. The van der Waals surface area contributed by atoms with Crippen molar-refractivity contribution in [3.05, 3.63) is 0 Å². The fourth-order valence-corrected chi connectivity index (χ4v) is 10.0. The van der Waals surface area contributed by atoms with Crippen molar-refractivity contribution in [3.8, 4) is 0 Å². The second-order valence-electron chi connectivity index (χ2n) is 39.9. The molecule has 0 N–H and O–H groups in total. The standard InChI is InChI=1S/C11H21F3.C10H19F3.C10H22.C9H17F3.C9H20.2C8H13F3.2C8H15F3/c1-8(2,3)9(4,5)10(6,7)11(12,13)14;1-7(8(2,3)4)9(5,6)10(11,12)13;1-8(2)10(6,7)9(3,4)5;1-6(2)8(4,5)7(3)9(10,11)12;1-7(2)8(3)9(4,5)6;1-6-2-4-7(5-3-6)8(9,10)11;1-6-3-2-4-7(5-6)8(9,10)11;1-6(2,3)7(4,5)8(9,10)11;1-5(2)6(3)7(4)8(9,10)11/h1-7H3;7H,1-6H3;8H,1-7H3;6-7H,1-5H3;7-8H,1-6H3;2*6-7H,2-5H2,1H3;1-5H3;5-7H,1-4H3/t;7-;;;8-;;6-,7?;;6-,7?/m.1..1.1.1/s1. The molecule has 0 aromatic rings. The lowest BCUT2D eigenvalue weighted by Gasteiger charge is -2.51. The van der Waals surface area contributed by atoms with Crippen LogP contribution < -0.4 is 0 Å².